The summed E-state index contributed by atoms with van der Waals surface area (Å²) in [5.74, 6) is 1.05. The molecule has 3 rings (SSSR count). The molecule has 1 aromatic heterocycles. The van der Waals surface area contributed by atoms with Gasteiger partial charge in [-0.2, -0.15) is 0 Å². The molecule has 33 heavy (non-hydrogen) atoms. The van der Waals surface area contributed by atoms with Crippen molar-refractivity contribution in [1.82, 2.24) is 4.90 Å². The Morgan fingerprint density at radius 2 is 1.70 bits per heavy atom. The van der Waals surface area contributed by atoms with Gasteiger partial charge in [0.1, 0.15) is 11.5 Å². The first kappa shape index (κ1) is 24.5. The van der Waals surface area contributed by atoms with Crippen molar-refractivity contribution in [2.45, 2.75) is 46.6 Å². The normalized spacial score (nSPS) is 12.1. The minimum atomic E-state index is -0.392. The molecule has 0 spiro atoms. The molecule has 0 fully saturated rings. The Hall–Kier alpha value is -3.18. The maximum atomic E-state index is 13.7. The number of rotatable bonds is 9. The van der Waals surface area contributed by atoms with Crippen LogP contribution in [0.4, 0.5) is 0 Å². The van der Waals surface area contributed by atoms with Crippen molar-refractivity contribution in [2.24, 2.45) is 11.7 Å². The van der Waals surface area contributed by atoms with Crippen LogP contribution in [0.15, 0.2) is 69.9 Å². The number of nitrogens with two attached hydrogens (primary N) is 1. The molecule has 1 heterocycles. The molecule has 0 bridgehead atoms. The van der Waals surface area contributed by atoms with E-state index < -0.39 is 6.04 Å². The van der Waals surface area contributed by atoms with Crippen LogP contribution in [0.1, 0.15) is 64.9 Å². The lowest BCUT2D eigenvalue weighted by Gasteiger charge is -2.35. The van der Waals surface area contributed by atoms with E-state index in [0.29, 0.717) is 48.6 Å². The molecule has 5 heteroatoms. The molecule has 3 aromatic rings. The van der Waals surface area contributed by atoms with E-state index in [0.717, 1.165) is 11.1 Å². The summed E-state index contributed by atoms with van der Waals surface area (Å²) in [7, 11) is 0. The fourth-order valence-electron chi connectivity index (χ4n) is 4.17. The van der Waals surface area contributed by atoms with Crippen LogP contribution in [0.5, 0.6) is 0 Å². The Labute approximate surface area is 196 Å². The lowest BCUT2D eigenvalue weighted by atomic mass is 9.92. The predicted molar refractivity (Wildman–Crippen MR) is 132 cm³/mol. The second-order valence-electron chi connectivity index (χ2n) is 8.92. The average molecular weight is 447 g/mol. The Kier molecular flexibility index (Phi) is 8.23. The Morgan fingerprint density at radius 3 is 2.30 bits per heavy atom. The van der Waals surface area contributed by atoms with E-state index in [4.69, 9.17) is 10.2 Å². The van der Waals surface area contributed by atoms with Gasteiger partial charge in [0.05, 0.1) is 6.04 Å². The molecule has 0 aliphatic carbocycles. The first-order valence-electron chi connectivity index (χ1n) is 11.6. The highest BCUT2D eigenvalue weighted by Gasteiger charge is 2.33. The molecule has 0 saturated heterocycles. The van der Waals surface area contributed by atoms with Gasteiger partial charge in [-0.05, 0) is 50.4 Å². The van der Waals surface area contributed by atoms with Crippen LogP contribution in [0.3, 0.4) is 0 Å². The molecule has 0 aliphatic heterocycles. The van der Waals surface area contributed by atoms with Gasteiger partial charge < -0.3 is 15.1 Å². The quantitative estimate of drug-likeness (QED) is 0.500. The summed E-state index contributed by atoms with van der Waals surface area (Å²) in [6, 6.07) is 18.6. The minimum absolute atomic E-state index is 0.0247. The lowest BCUT2D eigenvalue weighted by Crippen LogP contribution is -2.40. The number of amides is 1. The third-order valence-corrected chi connectivity index (χ3v) is 5.82. The summed E-state index contributed by atoms with van der Waals surface area (Å²) in [4.78, 5) is 28.6. The summed E-state index contributed by atoms with van der Waals surface area (Å²) >= 11 is 0. The van der Waals surface area contributed by atoms with E-state index >= 15 is 0 Å². The SMILES string of the molecule is Cc1ccc(C(=O)N(CCCN)C(c2oc(C)cc(=O)c2Cc2ccccc2)C(C)C)cc1. The van der Waals surface area contributed by atoms with Gasteiger partial charge in [0.15, 0.2) is 5.43 Å². The smallest absolute Gasteiger partial charge is 0.254 e. The monoisotopic (exact) mass is 446 g/mol. The van der Waals surface area contributed by atoms with Crippen LogP contribution in [0.2, 0.25) is 0 Å². The third kappa shape index (κ3) is 5.99. The molecular formula is C28H34N2O3. The number of aryl methyl sites for hydroxylation is 2. The van der Waals surface area contributed by atoms with Crippen LogP contribution >= 0.6 is 0 Å². The van der Waals surface area contributed by atoms with E-state index in [9.17, 15) is 9.59 Å². The van der Waals surface area contributed by atoms with Crippen LogP contribution in [0, 0.1) is 19.8 Å². The number of hydrogen-bond donors (Lipinski definition) is 1. The van der Waals surface area contributed by atoms with Crippen LogP contribution in [0.25, 0.3) is 0 Å². The number of carbonyl (C=O) groups is 1. The van der Waals surface area contributed by atoms with Gasteiger partial charge in [-0.1, -0.05) is 61.9 Å². The van der Waals surface area contributed by atoms with Crippen molar-refractivity contribution in [3.63, 3.8) is 0 Å². The lowest BCUT2D eigenvalue weighted by molar-refractivity contribution is 0.0581. The molecule has 2 N–H and O–H groups in total. The van der Waals surface area contributed by atoms with Gasteiger partial charge in [0.2, 0.25) is 0 Å². The number of nitrogens with zero attached hydrogens (tertiary/aromatic N) is 1. The molecule has 0 radical (unpaired) electrons. The minimum Gasteiger partial charge on any atom is -0.464 e. The van der Waals surface area contributed by atoms with E-state index in [2.05, 4.69) is 13.8 Å². The van der Waals surface area contributed by atoms with Gasteiger partial charge in [-0.25, -0.2) is 0 Å². The third-order valence-electron chi connectivity index (χ3n) is 5.82. The largest absolute Gasteiger partial charge is 0.464 e. The predicted octanol–water partition coefficient (Wildman–Crippen LogP) is 5.04. The number of carbonyl (C=O) groups excluding carboxylic acids is 1. The molecule has 174 valence electrons. The molecule has 0 saturated carbocycles. The van der Waals surface area contributed by atoms with Gasteiger partial charge in [0, 0.05) is 30.2 Å². The fourth-order valence-corrected chi connectivity index (χ4v) is 4.17. The van der Waals surface area contributed by atoms with E-state index in [1.807, 2.05) is 66.4 Å². The van der Waals surface area contributed by atoms with Crippen molar-refractivity contribution in [3.8, 4) is 0 Å². The van der Waals surface area contributed by atoms with Gasteiger partial charge >= 0.3 is 0 Å². The zero-order valence-corrected chi connectivity index (χ0v) is 20.0. The molecule has 0 aliphatic rings. The van der Waals surface area contributed by atoms with Gasteiger partial charge in [-0.15, -0.1) is 0 Å². The second-order valence-corrected chi connectivity index (χ2v) is 8.92. The Balaban J connectivity index is 2.12. The first-order chi connectivity index (χ1) is 15.8. The van der Waals surface area contributed by atoms with Crippen LogP contribution in [-0.4, -0.2) is 23.9 Å². The maximum absolute atomic E-state index is 13.7. The molecule has 2 aromatic carbocycles. The van der Waals surface area contributed by atoms with Crippen molar-refractivity contribution in [1.29, 1.82) is 0 Å². The zero-order chi connectivity index (χ0) is 24.0. The molecule has 5 nitrogen and oxygen atoms in total. The van der Waals surface area contributed by atoms with Gasteiger partial charge in [-0.3, -0.25) is 9.59 Å². The summed E-state index contributed by atoms with van der Waals surface area (Å²) in [6.45, 7) is 8.83. The van der Waals surface area contributed by atoms with Crippen molar-refractivity contribution in [2.75, 3.05) is 13.1 Å². The highest BCUT2D eigenvalue weighted by Crippen LogP contribution is 2.33. The summed E-state index contributed by atoms with van der Waals surface area (Å²) < 4.78 is 6.23. The highest BCUT2D eigenvalue weighted by molar-refractivity contribution is 5.94. The van der Waals surface area contributed by atoms with Crippen molar-refractivity contribution >= 4 is 5.91 Å². The molecule has 1 unspecified atom stereocenters. The highest BCUT2D eigenvalue weighted by atomic mass is 16.3. The summed E-state index contributed by atoms with van der Waals surface area (Å²) in [5.41, 5.74) is 9.08. The van der Waals surface area contributed by atoms with Crippen LogP contribution < -0.4 is 11.2 Å². The van der Waals surface area contributed by atoms with Crippen LogP contribution in [-0.2, 0) is 6.42 Å². The Bertz CT molecular complexity index is 1120. The summed E-state index contributed by atoms with van der Waals surface area (Å²) in [6.07, 6.45) is 1.11. The maximum Gasteiger partial charge on any atom is 0.254 e. The first-order valence-corrected chi connectivity index (χ1v) is 11.6. The van der Waals surface area contributed by atoms with Crippen molar-refractivity contribution < 1.29 is 9.21 Å². The number of benzene rings is 2. The topological polar surface area (TPSA) is 76.5 Å². The average Bonchev–Trinajstić information content (AvgIpc) is 2.79. The summed E-state index contributed by atoms with van der Waals surface area (Å²) in [5, 5.41) is 0. The molecule has 1 amide bonds. The zero-order valence-electron chi connectivity index (χ0n) is 20.0. The van der Waals surface area contributed by atoms with E-state index in [-0.39, 0.29) is 17.3 Å². The fraction of sp³-hybridized carbons (Fsp3) is 0.357. The standard InChI is InChI=1S/C28H34N2O3/c1-19(2)26(30(16-8-15-29)28(32)23-13-11-20(3)12-14-23)27-24(25(31)17-21(4)33-27)18-22-9-6-5-7-10-22/h5-7,9-14,17,19,26H,8,15-16,18,29H2,1-4H3. The second kappa shape index (κ2) is 11.1. The van der Waals surface area contributed by atoms with Gasteiger partial charge in [0.25, 0.3) is 5.91 Å². The number of hydrogen-bond acceptors (Lipinski definition) is 4. The molecular weight excluding hydrogens is 412 g/mol. The Morgan fingerprint density at radius 1 is 1.03 bits per heavy atom. The van der Waals surface area contributed by atoms with E-state index in [1.54, 1.807) is 6.92 Å². The molecule has 1 atom stereocenters. The van der Waals surface area contributed by atoms with Crippen molar-refractivity contribution in [3.05, 3.63) is 105 Å². The van der Waals surface area contributed by atoms with E-state index in [1.165, 1.54) is 6.07 Å².